The zero-order valence-corrected chi connectivity index (χ0v) is 36.1. The molecule has 2 heterocycles. The normalized spacial score (nSPS) is 18.4. The zero-order valence-electron chi connectivity index (χ0n) is 34.5. The Morgan fingerprint density at radius 1 is 0.679 bits per heavy atom. The van der Waals surface area contributed by atoms with E-state index in [1.54, 1.807) is 95.6 Å². The average Bonchev–Trinajstić information content (AvgIpc) is 3.10. The summed E-state index contributed by atoms with van der Waals surface area (Å²) < 4.78 is 83.1. The van der Waals surface area contributed by atoms with Crippen molar-refractivity contribution in [1.82, 2.24) is 8.61 Å². The van der Waals surface area contributed by atoms with Crippen LogP contribution in [0.2, 0.25) is 0 Å². The number of hydrogen-bond acceptors (Lipinski definition) is 11. The Morgan fingerprint density at radius 3 is 1.39 bits per heavy atom. The van der Waals surface area contributed by atoms with Gasteiger partial charge in [-0.05, 0) is 134 Å². The fraction of sp³-hybridized carbons (Fsp3) is 0.650. The lowest BCUT2D eigenvalue weighted by atomic mass is 10.0. The molecule has 0 bridgehead atoms. The van der Waals surface area contributed by atoms with Gasteiger partial charge in [-0.2, -0.15) is 8.61 Å². The Morgan fingerprint density at radius 2 is 1.05 bits per heavy atom. The molecule has 2 saturated heterocycles. The van der Waals surface area contributed by atoms with E-state index >= 15 is 0 Å². The van der Waals surface area contributed by atoms with Crippen LogP contribution in [0.25, 0.3) is 0 Å². The lowest BCUT2D eigenvalue weighted by molar-refractivity contribution is -0.160. The summed E-state index contributed by atoms with van der Waals surface area (Å²) >= 11 is 0. The average molecular weight is 827 g/mol. The van der Waals surface area contributed by atoms with Crippen LogP contribution >= 0.6 is 0 Å². The van der Waals surface area contributed by atoms with E-state index in [4.69, 9.17) is 28.8 Å². The first-order valence-corrected chi connectivity index (χ1v) is 22.0. The van der Waals surface area contributed by atoms with E-state index in [1.807, 2.05) is 0 Å². The summed E-state index contributed by atoms with van der Waals surface area (Å²) in [7, 11) is -4.16. The molecule has 2 aromatic rings. The van der Waals surface area contributed by atoms with Crippen molar-refractivity contribution in [2.75, 3.05) is 53.7 Å². The third kappa shape index (κ3) is 13.1. The van der Waals surface area contributed by atoms with Gasteiger partial charge in [0.05, 0.1) is 24.0 Å². The van der Waals surface area contributed by atoms with Gasteiger partial charge in [-0.3, -0.25) is 0 Å². The third-order valence-corrected chi connectivity index (χ3v) is 14.2. The number of hydrogen-bond donors (Lipinski definition) is 1. The van der Waals surface area contributed by atoms with Crippen molar-refractivity contribution in [2.45, 2.75) is 127 Å². The van der Waals surface area contributed by atoms with E-state index in [-0.39, 0.29) is 31.9 Å². The molecule has 0 spiro atoms. The molecular formula is C40H62N2O12S2. The van der Waals surface area contributed by atoms with Gasteiger partial charge in [0.1, 0.15) is 30.3 Å². The molecule has 316 valence electrons. The van der Waals surface area contributed by atoms with Gasteiger partial charge in [0, 0.05) is 38.4 Å². The summed E-state index contributed by atoms with van der Waals surface area (Å²) in [6.07, 6.45) is 6.15. The standard InChI is InChI=1S/C22H35NO6S.C18H27NO6S/c1-16-13-19(27-6)14-17(2)21(16)30(25,26)23-11-8-7-9-18(23)10-12-28-15-20(24)29-22(3,4)5;1-13-10-16(24-3)11-14(2)18(13)26(22,23)19-8-5-4-6-15(19)7-9-25-12-17(20)21/h13-14,18H,7-12,15H2,1-6H3;10-11,15H,4-9,12H2,1-3H3,(H,20,21). The molecule has 2 fully saturated rings. The van der Waals surface area contributed by atoms with Crippen LogP contribution < -0.4 is 9.47 Å². The van der Waals surface area contributed by atoms with Crippen molar-refractivity contribution >= 4 is 32.0 Å². The van der Waals surface area contributed by atoms with Gasteiger partial charge in [-0.15, -0.1) is 0 Å². The van der Waals surface area contributed by atoms with Crippen LogP contribution in [-0.4, -0.2) is 114 Å². The van der Waals surface area contributed by atoms with Crippen molar-refractivity contribution in [3.05, 3.63) is 46.5 Å². The number of aliphatic carboxylic acids is 1. The van der Waals surface area contributed by atoms with Crippen LogP contribution in [-0.2, 0) is 43.8 Å². The Bertz CT molecular complexity index is 1810. The van der Waals surface area contributed by atoms with Crippen LogP contribution in [0.5, 0.6) is 11.5 Å². The van der Waals surface area contributed by atoms with Crippen molar-refractivity contribution < 1.29 is 55.2 Å². The summed E-state index contributed by atoms with van der Waals surface area (Å²) in [5.41, 5.74) is 2.12. The van der Waals surface area contributed by atoms with Gasteiger partial charge < -0.3 is 28.8 Å². The van der Waals surface area contributed by atoms with Crippen molar-refractivity contribution in [3.63, 3.8) is 0 Å². The number of carbonyl (C=O) groups excluding carboxylic acids is 1. The Labute approximate surface area is 333 Å². The van der Waals surface area contributed by atoms with Gasteiger partial charge >= 0.3 is 11.9 Å². The van der Waals surface area contributed by atoms with Crippen LogP contribution in [0.1, 0.15) is 94.4 Å². The number of ether oxygens (including phenoxy) is 5. The van der Waals surface area contributed by atoms with E-state index in [1.165, 1.54) is 0 Å². The molecule has 2 aliphatic rings. The molecular weight excluding hydrogens is 765 g/mol. The van der Waals surface area contributed by atoms with Crippen molar-refractivity contribution in [3.8, 4) is 11.5 Å². The molecule has 2 unspecified atom stereocenters. The molecule has 0 saturated carbocycles. The predicted molar refractivity (Wildman–Crippen MR) is 212 cm³/mol. The third-order valence-electron chi connectivity index (χ3n) is 9.67. The number of esters is 1. The fourth-order valence-corrected chi connectivity index (χ4v) is 11.7. The largest absolute Gasteiger partial charge is 0.497 e. The lowest BCUT2D eigenvalue weighted by Crippen LogP contribution is -2.44. The Balaban J connectivity index is 0.000000303. The Hall–Kier alpha value is -3.28. The van der Waals surface area contributed by atoms with E-state index in [0.29, 0.717) is 76.1 Å². The number of aryl methyl sites for hydroxylation is 4. The molecule has 16 heteroatoms. The molecule has 0 radical (unpaired) electrons. The molecule has 14 nitrogen and oxygen atoms in total. The minimum Gasteiger partial charge on any atom is -0.497 e. The number of methoxy groups -OCH3 is 2. The molecule has 0 amide bonds. The Kier molecular flexibility index (Phi) is 17.6. The molecule has 2 aromatic carbocycles. The van der Waals surface area contributed by atoms with E-state index in [9.17, 15) is 26.4 Å². The first kappa shape index (κ1) is 47.1. The topological polar surface area (TPSA) is 175 Å². The molecule has 0 aromatic heterocycles. The van der Waals surface area contributed by atoms with E-state index < -0.39 is 37.6 Å². The second kappa shape index (κ2) is 20.9. The summed E-state index contributed by atoms with van der Waals surface area (Å²) in [5, 5.41) is 8.64. The number of carboxylic acid groups (broad SMARTS) is 1. The van der Waals surface area contributed by atoms with Crippen LogP contribution in [0.3, 0.4) is 0 Å². The van der Waals surface area contributed by atoms with Gasteiger partial charge in [-0.1, -0.05) is 12.8 Å². The quantitative estimate of drug-likeness (QED) is 0.156. The van der Waals surface area contributed by atoms with Crippen LogP contribution in [0.15, 0.2) is 34.1 Å². The summed E-state index contributed by atoms with van der Waals surface area (Å²) in [6, 6.07) is 6.64. The SMILES string of the molecule is COc1cc(C)c(S(=O)(=O)N2CCCCC2CCOCC(=O)O)c(C)c1.COc1cc(C)c(S(=O)(=O)N2CCCCC2CCOCC(=O)OC(C)(C)C)c(C)c1. The van der Waals surface area contributed by atoms with Gasteiger partial charge in [0.15, 0.2) is 0 Å². The van der Waals surface area contributed by atoms with Crippen molar-refractivity contribution in [2.24, 2.45) is 0 Å². The van der Waals surface area contributed by atoms with Gasteiger partial charge in [-0.25, -0.2) is 26.4 Å². The molecule has 0 aliphatic carbocycles. The minimum atomic E-state index is -3.65. The number of carboxylic acids is 1. The van der Waals surface area contributed by atoms with Gasteiger partial charge in [0.25, 0.3) is 0 Å². The first-order chi connectivity index (χ1) is 26.2. The maximum Gasteiger partial charge on any atom is 0.332 e. The number of piperidine rings is 2. The lowest BCUT2D eigenvalue weighted by Gasteiger charge is -2.35. The smallest absolute Gasteiger partial charge is 0.332 e. The first-order valence-electron chi connectivity index (χ1n) is 19.2. The van der Waals surface area contributed by atoms with Gasteiger partial charge in [0.2, 0.25) is 20.0 Å². The minimum absolute atomic E-state index is 0.132. The highest BCUT2D eigenvalue weighted by molar-refractivity contribution is 7.89. The molecule has 56 heavy (non-hydrogen) atoms. The van der Waals surface area contributed by atoms with E-state index in [2.05, 4.69) is 0 Å². The maximum atomic E-state index is 13.5. The highest BCUT2D eigenvalue weighted by Crippen LogP contribution is 2.34. The number of benzene rings is 2. The summed E-state index contributed by atoms with van der Waals surface area (Å²) in [4.78, 5) is 23.0. The monoisotopic (exact) mass is 826 g/mol. The number of nitrogens with zero attached hydrogens (tertiary/aromatic N) is 2. The number of rotatable bonds is 16. The molecule has 2 aliphatic heterocycles. The molecule has 4 rings (SSSR count). The van der Waals surface area contributed by atoms with Crippen LogP contribution in [0, 0.1) is 27.7 Å². The van der Waals surface area contributed by atoms with Crippen LogP contribution in [0.4, 0.5) is 0 Å². The highest BCUT2D eigenvalue weighted by Gasteiger charge is 2.37. The summed E-state index contributed by atoms with van der Waals surface area (Å²) in [5.74, 6) is -0.159. The van der Waals surface area contributed by atoms with Crippen molar-refractivity contribution in [1.29, 1.82) is 0 Å². The second-order valence-electron chi connectivity index (χ2n) is 15.4. The fourth-order valence-electron chi connectivity index (χ4n) is 7.39. The highest BCUT2D eigenvalue weighted by atomic mass is 32.2. The predicted octanol–water partition coefficient (Wildman–Crippen LogP) is 5.95. The molecule has 1 N–H and O–H groups in total. The maximum absolute atomic E-state index is 13.5. The molecule has 2 atom stereocenters. The zero-order chi connectivity index (χ0) is 41.8. The second-order valence-corrected chi connectivity index (χ2v) is 19.0. The summed E-state index contributed by atoms with van der Waals surface area (Å²) in [6.45, 7) is 13.5. The number of sulfonamides is 2. The van der Waals surface area contributed by atoms with E-state index in [0.717, 1.165) is 38.5 Å². The number of carbonyl (C=O) groups is 2.